The minimum atomic E-state index is -4.34. The third kappa shape index (κ3) is 2.74. The van der Waals surface area contributed by atoms with Crippen LogP contribution in [0.4, 0.5) is 13.2 Å². The number of halogens is 4. The van der Waals surface area contributed by atoms with E-state index in [1.54, 1.807) is 6.92 Å². The molecule has 2 nitrogen and oxygen atoms in total. The molecule has 0 unspecified atom stereocenters. The van der Waals surface area contributed by atoms with Crippen molar-refractivity contribution < 1.29 is 13.2 Å². The van der Waals surface area contributed by atoms with Crippen molar-refractivity contribution >= 4 is 23.1 Å². The van der Waals surface area contributed by atoms with Gasteiger partial charge in [0.2, 0.25) is 0 Å². The van der Waals surface area contributed by atoms with Gasteiger partial charge in [0.15, 0.2) is 0 Å². The summed E-state index contributed by atoms with van der Waals surface area (Å²) in [6.07, 6.45) is -4.34. The second kappa shape index (κ2) is 5.18. The Bertz CT molecular complexity index is 713. The van der Waals surface area contributed by atoms with E-state index >= 15 is 0 Å². The first-order chi connectivity index (χ1) is 9.55. The molecule has 2 rings (SSSR count). The van der Waals surface area contributed by atoms with Crippen molar-refractivity contribution in [1.29, 1.82) is 0 Å². The molecular weight excluding hydrogens is 323 g/mol. The van der Waals surface area contributed by atoms with E-state index < -0.39 is 11.6 Å². The van der Waals surface area contributed by atoms with Crippen LogP contribution in [0.25, 0.3) is 5.69 Å². The monoisotopic (exact) mass is 335 g/mol. The molecule has 7 heteroatoms. The molecule has 0 N–H and O–H groups in total. The van der Waals surface area contributed by atoms with Gasteiger partial charge in [0.1, 0.15) is 4.34 Å². The highest BCUT2D eigenvalue weighted by Gasteiger charge is 2.48. The maximum Gasteiger partial charge on any atom is 0.397 e. The van der Waals surface area contributed by atoms with Gasteiger partial charge >= 0.3 is 6.18 Å². The lowest BCUT2D eigenvalue weighted by Gasteiger charge is -2.28. The van der Waals surface area contributed by atoms with Crippen molar-refractivity contribution in [2.75, 3.05) is 0 Å². The van der Waals surface area contributed by atoms with Crippen LogP contribution in [0.5, 0.6) is 0 Å². The van der Waals surface area contributed by atoms with Crippen LogP contribution in [-0.2, 0) is 5.41 Å². The van der Waals surface area contributed by atoms with Crippen molar-refractivity contribution in [3.8, 4) is 5.69 Å². The zero-order valence-electron chi connectivity index (χ0n) is 11.6. The fourth-order valence-electron chi connectivity index (χ4n) is 1.77. The van der Waals surface area contributed by atoms with Gasteiger partial charge in [-0.3, -0.25) is 4.79 Å². The molecule has 0 aliphatic heterocycles. The lowest BCUT2D eigenvalue weighted by molar-refractivity contribution is -0.180. The lowest BCUT2D eigenvalue weighted by Crippen LogP contribution is -2.36. The van der Waals surface area contributed by atoms with Crippen LogP contribution in [0, 0.1) is 6.92 Å². The summed E-state index contributed by atoms with van der Waals surface area (Å²) in [5, 5.41) is 0. The Balaban J connectivity index is 2.45. The van der Waals surface area contributed by atoms with E-state index in [4.69, 9.17) is 11.6 Å². The zero-order valence-corrected chi connectivity index (χ0v) is 13.2. The Labute approximate surface area is 128 Å². The van der Waals surface area contributed by atoms with E-state index in [0.29, 0.717) is 15.6 Å². The van der Waals surface area contributed by atoms with Gasteiger partial charge in [-0.15, -0.1) is 0 Å². The van der Waals surface area contributed by atoms with Gasteiger partial charge in [0.25, 0.3) is 5.56 Å². The number of hydrogen-bond donors (Lipinski definition) is 0. The molecule has 21 heavy (non-hydrogen) atoms. The van der Waals surface area contributed by atoms with E-state index in [1.165, 1.54) is 28.2 Å². The molecule has 0 saturated carbocycles. The SMILES string of the molecule is Cc1c(Cl)sn(-c2ccc(C(C)(C)C(F)(F)F)cc2)c1=O. The Morgan fingerprint density at radius 2 is 1.67 bits per heavy atom. The fourth-order valence-corrected chi connectivity index (χ4v) is 2.89. The number of hydrogen-bond acceptors (Lipinski definition) is 2. The standard InChI is InChI=1S/C14H13ClF3NOS/c1-8-11(15)21-19(12(8)20)10-6-4-9(5-7-10)13(2,3)14(16,17)18/h4-7H,1-3H3. The molecule has 0 bridgehead atoms. The third-order valence-corrected chi connectivity index (χ3v) is 5.02. The number of benzene rings is 1. The van der Waals surface area contributed by atoms with E-state index in [1.807, 2.05) is 0 Å². The molecule has 1 aromatic heterocycles. The number of nitrogens with zero attached hydrogens (tertiary/aromatic N) is 1. The molecule has 0 atom stereocenters. The molecule has 2 aromatic rings. The average molecular weight is 336 g/mol. The molecule has 0 saturated heterocycles. The van der Waals surface area contributed by atoms with Crippen molar-refractivity contribution in [3.05, 3.63) is 50.1 Å². The van der Waals surface area contributed by atoms with Crippen LogP contribution < -0.4 is 5.56 Å². The second-order valence-electron chi connectivity index (χ2n) is 5.26. The molecule has 1 heterocycles. The van der Waals surface area contributed by atoms with Gasteiger partial charge in [-0.25, -0.2) is 3.96 Å². The largest absolute Gasteiger partial charge is 0.397 e. The summed E-state index contributed by atoms with van der Waals surface area (Å²) in [6, 6.07) is 5.77. The van der Waals surface area contributed by atoms with Gasteiger partial charge in [0, 0.05) is 5.56 Å². The predicted molar refractivity (Wildman–Crippen MR) is 78.7 cm³/mol. The highest BCUT2D eigenvalue weighted by atomic mass is 35.5. The van der Waals surface area contributed by atoms with Crippen molar-refractivity contribution in [3.63, 3.8) is 0 Å². The van der Waals surface area contributed by atoms with E-state index in [-0.39, 0.29) is 11.1 Å². The van der Waals surface area contributed by atoms with Gasteiger partial charge in [0.05, 0.1) is 11.1 Å². The topological polar surface area (TPSA) is 22.0 Å². The van der Waals surface area contributed by atoms with Crippen LogP contribution in [0.2, 0.25) is 4.34 Å². The molecular formula is C14H13ClF3NOS. The molecule has 0 fully saturated rings. The summed E-state index contributed by atoms with van der Waals surface area (Å²) < 4.78 is 40.7. The number of aromatic nitrogens is 1. The molecule has 1 aromatic carbocycles. The van der Waals surface area contributed by atoms with Crippen LogP contribution >= 0.6 is 23.1 Å². The fraction of sp³-hybridized carbons (Fsp3) is 0.357. The first-order valence-corrected chi connectivity index (χ1v) is 7.27. The zero-order chi connectivity index (χ0) is 16.0. The summed E-state index contributed by atoms with van der Waals surface area (Å²) in [5.74, 6) is 0. The Morgan fingerprint density at radius 1 is 1.14 bits per heavy atom. The van der Waals surface area contributed by atoms with Gasteiger partial charge in [-0.05, 0) is 50.0 Å². The van der Waals surface area contributed by atoms with E-state index in [0.717, 1.165) is 25.4 Å². The smallest absolute Gasteiger partial charge is 0.268 e. The first-order valence-electron chi connectivity index (χ1n) is 6.12. The van der Waals surface area contributed by atoms with Gasteiger partial charge < -0.3 is 0 Å². The molecule has 0 radical (unpaired) electrons. The molecule has 114 valence electrons. The Kier molecular flexibility index (Phi) is 3.97. The van der Waals surface area contributed by atoms with Crippen LogP contribution in [-0.4, -0.2) is 10.1 Å². The number of rotatable bonds is 2. The Hall–Kier alpha value is -1.27. The maximum absolute atomic E-state index is 13.0. The van der Waals surface area contributed by atoms with E-state index in [2.05, 4.69) is 0 Å². The molecule has 0 amide bonds. The summed E-state index contributed by atoms with van der Waals surface area (Å²) in [6.45, 7) is 3.86. The summed E-state index contributed by atoms with van der Waals surface area (Å²) >= 11 is 6.96. The minimum absolute atomic E-state index is 0.145. The van der Waals surface area contributed by atoms with Crippen LogP contribution in [0.15, 0.2) is 29.1 Å². The highest BCUT2D eigenvalue weighted by molar-refractivity contribution is 7.11. The summed E-state index contributed by atoms with van der Waals surface area (Å²) in [5.41, 5.74) is -1.12. The van der Waals surface area contributed by atoms with E-state index in [9.17, 15) is 18.0 Å². The Morgan fingerprint density at radius 3 is 2.05 bits per heavy atom. The highest BCUT2D eigenvalue weighted by Crippen LogP contribution is 2.40. The first kappa shape index (κ1) is 16.1. The van der Waals surface area contributed by atoms with Crippen molar-refractivity contribution in [1.82, 2.24) is 3.96 Å². The summed E-state index contributed by atoms with van der Waals surface area (Å²) in [4.78, 5) is 11.9. The van der Waals surface area contributed by atoms with Crippen LogP contribution in [0.1, 0.15) is 25.0 Å². The van der Waals surface area contributed by atoms with Crippen molar-refractivity contribution in [2.24, 2.45) is 0 Å². The third-order valence-electron chi connectivity index (χ3n) is 3.50. The van der Waals surface area contributed by atoms with Gasteiger partial charge in [-0.2, -0.15) is 13.2 Å². The quantitative estimate of drug-likeness (QED) is 0.779. The van der Waals surface area contributed by atoms with Crippen LogP contribution in [0.3, 0.4) is 0 Å². The van der Waals surface area contributed by atoms with Gasteiger partial charge in [-0.1, -0.05) is 23.7 Å². The predicted octanol–water partition coefficient (Wildman–Crippen LogP) is 4.70. The normalized spacial score (nSPS) is 12.7. The van der Waals surface area contributed by atoms with Crippen molar-refractivity contribution in [2.45, 2.75) is 32.4 Å². The molecule has 0 aliphatic rings. The molecule has 0 spiro atoms. The maximum atomic E-state index is 13.0. The second-order valence-corrected chi connectivity index (χ2v) is 6.82. The average Bonchev–Trinajstić information content (AvgIpc) is 2.65. The minimum Gasteiger partial charge on any atom is -0.268 e. The summed E-state index contributed by atoms with van der Waals surface area (Å²) in [7, 11) is 0. The lowest BCUT2D eigenvalue weighted by atomic mass is 9.84. The number of alkyl halides is 3. The molecule has 0 aliphatic carbocycles.